The number of hydrogen-bond donors (Lipinski definition) is 1. The molecule has 1 rings (SSSR count). The van der Waals surface area contributed by atoms with Crippen molar-refractivity contribution in [2.75, 3.05) is 0 Å². The first-order chi connectivity index (χ1) is 8.41. The van der Waals surface area contributed by atoms with Crippen LogP contribution in [0.3, 0.4) is 0 Å². The van der Waals surface area contributed by atoms with Gasteiger partial charge in [0.05, 0.1) is 0 Å². The van der Waals surface area contributed by atoms with Gasteiger partial charge >= 0.3 is 0 Å². The third-order valence-corrected chi connectivity index (χ3v) is 2.73. The minimum Gasteiger partial charge on any atom is -0.324 e. The molecule has 0 aliphatic carbocycles. The molecular weight excluding hydrogens is 289 g/mol. The highest BCUT2D eigenvalue weighted by Crippen LogP contribution is 2.28. The predicted octanol–water partition coefficient (Wildman–Crippen LogP) is 4.38. The molecule has 19 heavy (non-hydrogen) atoms. The Kier molecular flexibility index (Phi) is 7.29. The molecule has 0 aliphatic heterocycles. The van der Waals surface area contributed by atoms with Crippen molar-refractivity contribution in [3.05, 3.63) is 34.6 Å². The van der Waals surface area contributed by atoms with Crippen LogP contribution < -0.4 is 5.73 Å². The van der Waals surface area contributed by atoms with Crippen LogP contribution in [0, 0.1) is 29.1 Å². The molecular formula is C12H15ClF5N. The summed E-state index contributed by atoms with van der Waals surface area (Å²) in [5.41, 5.74) is 4.56. The molecule has 1 atom stereocenters. The third-order valence-electron chi connectivity index (χ3n) is 2.73. The first-order valence-electron chi connectivity index (χ1n) is 5.68. The summed E-state index contributed by atoms with van der Waals surface area (Å²) < 4.78 is 65.4. The molecule has 7 heteroatoms. The maximum Gasteiger partial charge on any atom is 0.200 e. The van der Waals surface area contributed by atoms with Gasteiger partial charge < -0.3 is 5.73 Å². The van der Waals surface area contributed by atoms with Crippen LogP contribution in [-0.2, 0) is 0 Å². The lowest BCUT2D eigenvalue weighted by Gasteiger charge is -2.15. The van der Waals surface area contributed by atoms with Crippen LogP contribution in [0.25, 0.3) is 0 Å². The fourth-order valence-electron chi connectivity index (χ4n) is 1.71. The second-order valence-electron chi connectivity index (χ2n) is 4.09. The Balaban J connectivity index is 0.00000324. The molecule has 0 saturated carbocycles. The monoisotopic (exact) mass is 303 g/mol. The second-order valence-corrected chi connectivity index (χ2v) is 4.09. The van der Waals surface area contributed by atoms with Crippen LogP contribution >= 0.6 is 12.4 Å². The van der Waals surface area contributed by atoms with Crippen LogP contribution in [0.5, 0.6) is 0 Å². The Morgan fingerprint density at radius 3 is 1.68 bits per heavy atom. The number of benzene rings is 1. The van der Waals surface area contributed by atoms with Crippen molar-refractivity contribution in [3.8, 4) is 0 Å². The molecule has 0 bridgehead atoms. The zero-order valence-corrected chi connectivity index (χ0v) is 11.1. The predicted molar refractivity (Wildman–Crippen MR) is 64.6 cm³/mol. The van der Waals surface area contributed by atoms with Crippen LogP contribution in [-0.4, -0.2) is 0 Å². The molecule has 1 aromatic carbocycles. The van der Waals surface area contributed by atoms with Gasteiger partial charge in [0.15, 0.2) is 23.3 Å². The molecule has 2 N–H and O–H groups in total. The third kappa shape index (κ3) is 3.79. The molecule has 110 valence electrons. The van der Waals surface area contributed by atoms with Crippen molar-refractivity contribution in [2.24, 2.45) is 5.73 Å². The van der Waals surface area contributed by atoms with Gasteiger partial charge in [0.1, 0.15) is 0 Å². The average molecular weight is 304 g/mol. The first kappa shape index (κ1) is 18.1. The molecule has 1 nitrogen and oxygen atoms in total. The second kappa shape index (κ2) is 7.65. The van der Waals surface area contributed by atoms with Gasteiger partial charge in [-0.15, -0.1) is 12.4 Å². The zero-order valence-electron chi connectivity index (χ0n) is 10.3. The molecule has 0 aromatic heterocycles. The highest BCUT2D eigenvalue weighted by molar-refractivity contribution is 5.85. The normalized spacial score (nSPS) is 12.2. The topological polar surface area (TPSA) is 26.0 Å². The SMILES string of the molecule is CCCCC[C@H](N)c1c(F)c(F)c(F)c(F)c1F.Cl. The number of hydrogen-bond acceptors (Lipinski definition) is 1. The van der Waals surface area contributed by atoms with E-state index in [1.54, 1.807) is 0 Å². The van der Waals surface area contributed by atoms with Gasteiger partial charge in [-0.2, -0.15) is 0 Å². The Labute approximate surface area is 114 Å². The van der Waals surface area contributed by atoms with Crippen LogP contribution in [0.15, 0.2) is 0 Å². The molecule has 1 aromatic rings. The lowest BCUT2D eigenvalue weighted by atomic mass is 9.99. The smallest absolute Gasteiger partial charge is 0.200 e. The van der Waals surface area contributed by atoms with Crippen LogP contribution in [0.2, 0.25) is 0 Å². The molecule has 0 radical (unpaired) electrons. The number of rotatable bonds is 5. The number of unbranched alkanes of at least 4 members (excludes halogenated alkanes) is 2. The molecule has 0 unspecified atom stereocenters. The van der Waals surface area contributed by atoms with E-state index >= 15 is 0 Å². The minimum atomic E-state index is -2.16. The summed E-state index contributed by atoms with van der Waals surface area (Å²) in [4.78, 5) is 0. The standard InChI is InChI=1S/C12H14F5N.ClH/c1-2-3-4-5-6(18)7-8(13)10(15)12(17)11(16)9(7)14;/h6H,2-5,18H2,1H3;1H/t6-;/m0./s1. The van der Waals surface area contributed by atoms with E-state index in [1.165, 1.54) is 0 Å². The lowest BCUT2D eigenvalue weighted by Crippen LogP contribution is -2.18. The molecule has 0 aliphatic rings. The van der Waals surface area contributed by atoms with E-state index in [0.29, 0.717) is 6.42 Å². The van der Waals surface area contributed by atoms with E-state index in [1.807, 2.05) is 6.92 Å². The van der Waals surface area contributed by atoms with E-state index in [0.717, 1.165) is 12.8 Å². The van der Waals surface area contributed by atoms with Gasteiger partial charge in [-0.25, -0.2) is 22.0 Å². The Hall–Kier alpha value is -0.880. The van der Waals surface area contributed by atoms with Gasteiger partial charge in [0, 0.05) is 11.6 Å². The zero-order chi connectivity index (χ0) is 13.9. The highest BCUT2D eigenvalue weighted by atomic mass is 35.5. The summed E-state index contributed by atoms with van der Waals surface area (Å²) in [5, 5.41) is 0. The Bertz CT molecular complexity index is 410. The van der Waals surface area contributed by atoms with Crippen molar-refractivity contribution >= 4 is 12.4 Å². The van der Waals surface area contributed by atoms with E-state index < -0.39 is 40.7 Å². The number of nitrogens with two attached hydrogens (primary N) is 1. The molecule has 0 heterocycles. The fraction of sp³-hybridized carbons (Fsp3) is 0.500. The fourth-order valence-corrected chi connectivity index (χ4v) is 1.71. The van der Waals surface area contributed by atoms with Crippen molar-refractivity contribution < 1.29 is 22.0 Å². The molecule has 0 saturated heterocycles. The lowest BCUT2D eigenvalue weighted by molar-refractivity contribution is 0.361. The largest absolute Gasteiger partial charge is 0.324 e. The summed E-state index contributed by atoms with van der Waals surface area (Å²) in [7, 11) is 0. The molecule has 0 amide bonds. The van der Waals surface area contributed by atoms with Crippen molar-refractivity contribution in [2.45, 2.75) is 38.6 Å². The number of halogens is 6. The average Bonchev–Trinajstić information content (AvgIpc) is 2.34. The van der Waals surface area contributed by atoms with E-state index in [4.69, 9.17) is 5.73 Å². The van der Waals surface area contributed by atoms with Crippen LogP contribution in [0.4, 0.5) is 22.0 Å². The van der Waals surface area contributed by atoms with Gasteiger partial charge in [-0.1, -0.05) is 26.2 Å². The quantitative estimate of drug-likeness (QED) is 0.371. The van der Waals surface area contributed by atoms with Gasteiger partial charge in [-0.05, 0) is 6.42 Å². The minimum absolute atomic E-state index is 0. The van der Waals surface area contributed by atoms with Crippen molar-refractivity contribution in [3.63, 3.8) is 0 Å². The summed E-state index contributed by atoms with van der Waals surface area (Å²) >= 11 is 0. The maximum absolute atomic E-state index is 13.4. The van der Waals surface area contributed by atoms with Gasteiger partial charge in [0.2, 0.25) is 5.82 Å². The van der Waals surface area contributed by atoms with Gasteiger partial charge in [0.25, 0.3) is 0 Å². The molecule has 0 fully saturated rings. The van der Waals surface area contributed by atoms with Gasteiger partial charge in [-0.3, -0.25) is 0 Å². The Morgan fingerprint density at radius 1 is 0.842 bits per heavy atom. The van der Waals surface area contributed by atoms with E-state index in [-0.39, 0.29) is 18.8 Å². The van der Waals surface area contributed by atoms with Crippen LogP contribution in [0.1, 0.15) is 44.2 Å². The summed E-state index contributed by atoms with van der Waals surface area (Å²) in [6.45, 7) is 1.92. The van der Waals surface area contributed by atoms with Crippen molar-refractivity contribution in [1.29, 1.82) is 0 Å². The summed E-state index contributed by atoms with van der Waals surface area (Å²) in [5.74, 6) is -9.73. The maximum atomic E-state index is 13.4. The Morgan fingerprint density at radius 2 is 1.26 bits per heavy atom. The summed E-state index contributed by atoms with van der Waals surface area (Å²) in [6.07, 6.45) is 2.39. The molecule has 0 spiro atoms. The van der Waals surface area contributed by atoms with Crippen molar-refractivity contribution in [1.82, 2.24) is 0 Å². The first-order valence-corrected chi connectivity index (χ1v) is 5.68. The highest BCUT2D eigenvalue weighted by Gasteiger charge is 2.28. The van der Waals surface area contributed by atoms with E-state index in [2.05, 4.69) is 0 Å². The summed E-state index contributed by atoms with van der Waals surface area (Å²) in [6, 6.07) is -1.19. The van der Waals surface area contributed by atoms with E-state index in [9.17, 15) is 22.0 Å².